The average Bonchev–Trinajstić information content (AvgIpc) is 2.26. The Morgan fingerprint density at radius 2 is 1.69 bits per heavy atom. The van der Waals surface area contributed by atoms with Crippen LogP contribution in [0.3, 0.4) is 0 Å². The Balaban J connectivity index is 2.56. The van der Waals surface area contributed by atoms with Gasteiger partial charge in [-0.2, -0.15) is 0 Å². The fraction of sp³-hybridized carbons (Fsp3) is 0.818. The zero-order chi connectivity index (χ0) is 12.1. The molecule has 92 valence electrons. The molecule has 1 aliphatic carbocycles. The molecule has 1 N–H and O–H groups in total. The molecule has 0 bridgehead atoms. The number of carboxylic acid groups (broad SMARTS) is 2. The van der Waals surface area contributed by atoms with Crippen LogP contribution in [-0.2, 0) is 9.59 Å². The number of rotatable bonds is 5. The summed E-state index contributed by atoms with van der Waals surface area (Å²) in [5.41, 5.74) is 0. The van der Waals surface area contributed by atoms with E-state index in [0.29, 0.717) is 0 Å². The highest BCUT2D eigenvalue weighted by atomic mass is 16.4. The zero-order valence-corrected chi connectivity index (χ0v) is 9.40. The average molecular weight is 227 g/mol. The van der Waals surface area contributed by atoms with Crippen molar-refractivity contribution < 1.29 is 19.8 Å². The Morgan fingerprint density at radius 1 is 1.12 bits per heavy atom. The lowest BCUT2D eigenvalue weighted by atomic mass is 9.93. The number of carbonyl (C=O) groups excluding carboxylic acids is 2. The first-order chi connectivity index (χ1) is 7.52. The molecule has 0 spiro atoms. The van der Waals surface area contributed by atoms with E-state index >= 15 is 0 Å². The second-order valence-electron chi connectivity index (χ2n) is 4.41. The van der Waals surface area contributed by atoms with Gasteiger partial charge in [-0.05, 0) is 12.8 Å². The summed E-state index contributed by atoms with van der Waals surface area (Å²) in [6, 6.07) is -1.08. The Kier molecular flexibility index (Phi) is 4.73. The molecule has 5 heteroatoms. The molecule has 0 amide bonds. The second-order valence-corrected chi connectivity index (χ2v) is 4.41. The van der Waals surface area contributed by atoms with E-state index in [-0.39, 0.29) is 6.04 Å². The van der Waals surface area contributed by atoms with Crippen molar-refractivity contribution in [3.63, 3.8) is 0 Å². The first-order valence-corrected chi connectivity index (χ1v) is 5.70. The molecular weight excluding hydrogens is 210 g/mol. The summed E-state index contributed by atoms with van der Waals surface area (Å²) in [5.74, 6) is -3.81. The minimum absolute atomic E-state index is 0.0819. The Morgan fingerprint density at radius 3 is 2.12 bits per heavy atom. The number of carbonyl (C=O) groups is 2. The Bertz CT molecular complexity index is 261. The summed E-state index contributed by atoms with van der Waals surface area (Å²) in [6.45, 7) is 1.33. The van der Waals surface area contributed by atoms with Crippen LogP contribution in [0.4, 0.5) is 0 Å². The number of aliphatic carboxylic acids is 2. The van der Waals surface area contributed by atoms with Crippen molar-refractivity contribution in [2.45, 2.75) is 51.1 Å². The molecule has 5 nitrogen and oxygen atoms in total. The van der Waals surface area contributed by atoms with Crippen LogP contribution in [0.2, 0.25) is 0 Å². The molecule has 0 heterocycles. The molecule has 0 aliphatic heterocycles. The third-order valence-corrected chi connectivity index (χ3v) is 3.15. The fourth-order valence-corrected chi connectivity index (χ4v) is 2.08. The minimum atomic E-state index is -1.37. The van der Waals surface area contributed by atoms with Crippen LogP contribution in [0, 0.1) is 5.92 Å². The van der Waals surface area contributed by atoms with Gasteiger partial charge in [0.15, 0.2) is 0 Å². The third kappa shape index (κ3) is 3.48. The summed E-state index contributed by atoms with van der Waals surface area (Å²) in [5, 5.41) is 24.4. The van der Waals surface area contributed by atoms with E-state index in [4.69, 9.17) is 0 Å². The van der Waals surface area contributed by atoms with Crippen LogP contribution >= 0.6 is 0 Å². The molecule has 0 aromatic rings. The third-order valence-electron chi connectivity index (χ3n) is 3.15. The maximum Gasteiger partial charge on any atom is 0.0591 e. The van der Waals surface area contributed by atoms with Gasteiger partial charge < -0.3 is 25.1 Å². The van der Waals surface area contributed by atoms with Crippen LogP contribution in [-0.4, -0.2) is 24.0 Å². The predicted molar refractivity (Wildman–Crippen MR) is 53.0 cm³/mol. The van der Waals surface area contributed by atoms with E-state index in [2.05, 4.69) is 5.32 Å². The molecule has 1 aliphatic rings. The van der Waals surface area contributed by atoms with Gasteiger partial charge in [-0.15, -0.1) is 0 Å². The largest absolute Gasteiger partial charge is 0.550 e. The van der Waals surface area contributed by atoms with Gasteiger partial charge in [0.2, 0.25) is 0 Å². The van der Waals surface area contributed by atoms with Crippen molar-refractivity contribution in [3.05, 3.63) is 0 Å². The molecule has 1 fully saturated rings. The normalized spacial score (nSPS) is 21.3. The summed E-state index contributed by atoms with van der Waals surface area (Å²) >= 11 is 0. The molecule has 16 heavy (non-hydrogen) atoms. The predicted octanol–water partition coefficient (Wildman–Crippen LogP) is -1.59. The topological polar surface area (TPSA) is 92.3 Å². The standard InChI is InChI=1S/C11H19NO4/c1-7(10(13)14)9(11(15)16)12-8-5-3-2-4-6-8/h7-9,12H,2-6H2,1H3,(H,13,14)(H,15,16)/p-2. The van der Waals surface area contributed by atoms with Crippen molar-refractivity contribution in [2.24, 2.45) is 5.92 Å². The van der Waals surface area contributed by atoms with Gasteiger partial charge in [-0.1, -0.05) is 26.2 Å². The number of hydrogen-bond acceptors (Lipinski definition) is 5. The molecule has 0 saturated heterocycles. The van der Waals surface area contributed by atoms with Gasteiger partial charge in [-0.3, -0.25) is 0 Å². The molecule has 2 unspecified atom stereocenters. The van der Waals surface area contributed by atoms with Crippen LogP contribution in [0.15, 0.2) is 0 Å². The van der Waals surface area contributed by atoms with E-state index in [1.165, 1.54) is 6.92 Å². The van der Waals surface area contributed by atoms with Crippen LogP contribution in [0.1, 0.15) is 39.0 Å². The van der Waals surface area contributed by atoms with E-state index < -0.39 is 23.9 Å². The van der Waals surface area contributed by atoms with E-state index in [0.717, 1.165) is 32.1 Å². The van der Waals surface area contributed by atoms with E-state index in [9.17, 15) is 19.8 Å². The van der Waals surface area contributed by atoms with Gasteiger partial charge in [0.1, 0.15) is 0 Å². The van der Waals surface area contributed by atoms with Crippen LogP contribution in [0.25, 0.3) is 0 Å². The monoisotopic (exact) mass is 227 g/mol. The number of hydrogen-bond donors (Lipinski definition) is 1. The summed E-state index contributed by atoms with van der Waals surface area (Å²) < 4.78 is 0. The number of nitrogens with one attached hydrogen (secondary N) is 1. The SMILES string of the molecule is CC(C(=O)[O-])C(NC1CCCCC1)C(=O)[O-]. The molecule has 1 saturated carbocycles. The molecule has 0 aromatic carbocycles. The summed E-state index contributed by atoms with van der Waals surface area (Å²) in [7, 11) is 0. The quantitative estimate of drug-likeness (QED) is 0.611. The summed E-state index contributed by atoms with van der Waals surface area (Å²) in [4.78, 5) is 21.5. The van der Waals surface area contributed by atoms with E-state index in [1.54, 1.807) is 0 Å². The van der Waals surface area contributed by atoms with Crippen molar-refractivity contribution in [3.8, 4) is 0 Å². The van der Waals surface area contributed by atoms with Gasteiger partial charge in [0.05, 0.1) is 12.0 Å². The van der Waals surface area contributed by atoms with Gasteiger partial charge in [0, 0.05) is 17.9 Å². The Labute approximate surface area is 94.8 Å². The van der Waals surface area contributed by atoms with Gasteiger partial charge >= 0.3 is 0 Å². The number of carboxylic acids is 2. The van der Waals surface area contributed by atoms with Crippen molar-refractivity contribution >= 4 is 11.9 Å². The smallest absolute Gasteiger partial charge is 0.0591 e. The second kappa shape index (κ2) is 5.84. The highest BCUT2D eigenvalue weighted by Gasteiger charge is 2.23. The molecule has 1 rings (SSSR count). The molecular formula is C11H17NO4-2. The zero-order valence-electron chi connectivity index (χ0n) is 9.40. The molecule has 0 radical (unpaired) electrons. The molecule has 0 aromatic heterocycles. The summed E-state index contributed by atoms with van der Waals surface area (Å²) in [6.07, 6.45) is 5.05. The maximum absolute atomic E-state index is 10.9. The lowest BCUT2D eigenvalue weighted by Crippen LogP contribution is -2.56. The van der Waals surface area contributed by atoms with Crippen molar-refractivity contribution in [1.29, 1.82) is 0 Å². The highest BCUT2D eigenvalue weighted by molar-refractivity contribution is 5.80. The highest BCUT2D eigenvalue weighted by Crippen LogP contribution is 2.18. The Hall–Kier alpha value is -1.10. The first-order valence-electron chi connectivity index (χ1n) is 5.70. The van der Waals surface area contributed by atoms with E-state index in [1.807, 2.05) is 0 Å². The minimum Gasteiger partial charge on any atom is -0.550 e. The lowest BCUT2D eigenvalue weighted by Gasteiger charge is -2.32. The molecule has 2 atom stereocenters. The lowest BCUT2D eigenvalue weighted by molar-refractivity contribution is -0.323. The van der Waals surface area contributed by atoms with Gasteiger partial charge in [0.25, 0.3) is 0 Å². The van der Waals surface area contributed by atoms with Crippen molar-refractivity contribution in [1.82, 2.24) is 5.32 Å². The first kappa shape index (κ1) is 13.0. The van der Waals surface area contributed by atoms with Crippen molar-refractivity contribution in [2.75, 3.05) is 0 Å². The van der Waals surface area contributed by atoms with Crippen LogP contribution < -0.4 is 15.5 Å². The fourth-order valence-electron chi connectivity index (χ4n) is 2.08. The van der Waals surface area contributed by atoms with Gasteiger partial charge in [-0.25, -0.2) is 0 Å². The van der Waals surface area contributed by atoms with Crippen LogP contribution in [0.5, 0.6) is 0 Å². The maximum atomic E-state index is 10.9.